The number of hydrogen-bond donors (Lipinski definition) is 2. The second-order valence-corrected chi connectivity index (χ2v) is 4.86. The van der Waals surface area contributed by atoms with Crippen molar-refractivity contribution in [3.8, 4) is 0 Å². The van der Waals surface area contributed by atoms with Crippen LogP contribution in [0.25, 0.3) is 0 Å². The molecule has 110 valence electrons. The van der Waals surface area contributed by atoms with Crippen LogP contribution in [0.2, 0.25) is 0 Å². The molecule has 2 amide bonds. The van der Waals surface area contributed by atoms with Gasteiger partial charge >= 0.3 is 12.2 Å². The predicted octanol–water partition coefficient (Wildman–Crippen LogP) is 2.44. The molecule has 0 spiro atoms. The van der Waals surface area contributed by atoms with Gasteiger partial charge in [-0.3, -0.25) is 0 Å². The zero-order valence-electron chi connectivity index (χ0n) is 11.6. The van der Waals surface area contributed by atoms with E-state index in [0.717, 1.165) is 12.8 Å². The van der Waals surface area contributed by atoms with Gasteiger partial charge in [0.15, 0.2) is 0 Å². The molecule has 0 saturated carbocycles. The van der Waals surface area contributed by atoms with Gasteiger partial charge in [0.2, 0.25) is 0 Å². The maximum atomic E-state index is 11.5. The minimum atomic E-state index is -0.904. The summed E-state index contributed by atoms with van der Waals surface area (Å²) in [6.07, 6.45) is 4.16. The Morgan fingerprint density at radius 2 is 1.95 bits per heavy atom. The van der Waals surface area contributed by atoms with Crippen molar-refractivity contribution in [1.82, 2.24) is 10.2 Å². The lowest BCUT2D eigenvalue weighted by Gasteiger charge is -2.29. The zero-order chi connectivity index (χ0) is 14.1. The Morgan fingerprint density at radius 3 is 2.53 bits per heavy atom. The number of amides is 2. The van der Waals surface area contributed by atoms with Crippen LogP contribution in [0.1, 0.15) is 45.4 Å². The minimum absolute atomic E-state index is 0.161. The van der Waals surface area contributed by atoms with Gasteiger partial charge in [-0.25, -0.2) is 9.59 Å². The van der Waals surface area contributed by atoms with Crippen molar-refractivity contribution < 1.29 is 19.4 Å². The van der Waals surface area contributed by atoms with Crippen molar-refractivity contribution in [2.75, 3.05) is 19.6 Å². The van der Waals surface area contributed by atoms with Crippen molar-refractivity contribution in [2.45, 2.75) is 51.6 Å². The largest absolute Gasteiger partial charge is 0.465 e. The number of carbonyl (C=O) groups is 2. The number of rotatable bonds is 6. The second kappa shape index (κ2) is 8.61. The SMILES string of the molecule is CCCCCCNC(=O)OC1CCN(C(=O)O)CC1. The van der Waals surface area contributed by atoms with Crippen molar-refractivity contribution in [2.24, 2.45) is 0 Å². The first-order chi connectivity index (χ1) is 9.13. The molecule has 2 N–H and O–H groups in total. The van der Waals surface area contributed by atoms with E-state index in [1.165, 1.54) is 17.7 Å². The molecule has 1 saturated heterocycles. The number of nitrogens with zero attached hydrogens (tertiary/aromatic N) is 1. The standard InChI is InChI=1S/C13H24N2O4/c1-2-3-4-5-8-14-12(16)19-11-6-9-15(10-7-11)13(17)18/h11H,2-10H2,1H3,(H,14,16)(H,17,18). The first kappa shape index (κ1) is 15.6. The highest BCUT2D eigenvalue weighted by Gasteiger charge is 2.24. The lowest BCUT2D eigenvalue weighted by Crippen LogP contribution is -2.41. The van der Waals surface area contributed by atoms with Crippen molar-refractivity contribution >= 4 is 12.2 Å². The van der Waals surface area contributed by atoms with Crippen molar-refractivity contribution in [1.29, 1.82) is 0 Å². The smallest absolute Gasteiger partial charge is 0.407 e. The third-order valence-electron chi connectivity index (χ3n) is 3.29. The van der Waals surface area contributed by atoms with E-state index in [1.54, 1.807) is 0 Å². The van der Waals surface area contributed by atoms with Crippen molar-refractivity contribution in [3.63, 3.8) is 0 Å². The molecule has 0 atom stereocenters. The van der Waals surface area contributed by atoms with Gasteiger partial charge in [-0.15, -0.1) is 0 Å². The summed E-state index contributed by atoms with van der Waals surface area (Å²) < 4.78 is 5.26. The fraction of sp³-hybridized carbons (Fsp3) is 0.846. The van der Waals surface area contributed by atoms with Crippen molar-refractivity contribution in [3.05, 3.63) is 0 Å². The molecule has 0 bridgehead atoms. The summed E-state index contributed by atoms with van der Waals surface area (Å²) >= 11 is 0. The van der Waals surface area contributed by atoms with E-state index in [9.17, 15) is 9.59 Å². The summed E-state index contributed by atoms with van der Waals surface area (Å²) in [6.45, 7) is 3.66. The summed E-state index contributed by atoms with van der Waals surface area (Å²) in [5, 5.41) is 11.5. The highest BCUT2D eigenvalue weighted by molar-refractivity contribution is 5.67. The molecular formula is C13H24N2O4. The Morgan fingerprint density at radius 1 is 1.26 bits per heavy atom. The Labute approximate surface area is 114 Å². The molecule has 1 rings (SSSR count). The molecular weight excluding hydrogens is 248 g/mol. The summed E-state index contributed by atoms with van der Waals surface area (Å²) in [5.74, 6) is 0. The first-order valence-corrected chi connectivity index (χ1v) is 7.05. The van der Waals surface area contributed by atoms with Crippen LogP contribution in [0.3, 0.4) is 0 Å². The molecule has 0 aliphatic carbocycles. The molecule has 1 heterocycles. The van der Waals surface area contributed by atoms with E-state index in [0.29, 0.717) is 32.5 Å². The van der Waals surface area contributed by atoms with Gasteiger partial charge in [0.1, 0.15) is 6.10 Å². The molecule has 19 heavy (non-hydrogen) atoms. The van der Waals surface area contributed by atoms with Gasteiger partial charge in [-0.05, 0) is 6.42 Å². The number of ether oxygens (including phenoxy) is 1. The molecule has 0 aromatic heterocycles. The average Bonchev–Trinajstić information content (AvgIpc) is 2.39. The van der Waals surface area contributed by atoms with E-state index in [1.807, 2.05) is 0 Å². The van der Waals surface area contributed by atoms with Crippen LogP contribution in [-0.4, -0.2) is 47.9 Å². The predicted molar refractivity (Wildman–Crippen MR) is 71.2 cm³/mol. The van der Waals surface area contributed by atoms with Crippen LogP contribution >= 0.6 is 0 Å². The maximum Gasteiger partial charge on any atom is 0.407 e. The topological polar surface area (TPSA) is 78.9 Å². The third-order valence-corrected chi connectivity index (χ3v) is 3.29. The highest BCUT2D eigenvalue weighted by Crippen LogP contribution is 2.13. The Kier molecular flexibility index (Phi) is 7.07. The Bertz CT molecular complexity index is 288. The van der Waals surface area contributed by atoms with E-state index in [-0.39, 0.29) is 12.2 Å². The molecule has 1 fully saturated rings. The molecule has 6 nitrogen and oxygen atoms in total. The summed E-state index contributed by atoms with van der Waals surface area (Å²) in [4.78, 5) is 23.6. The Balaban J connectivity index is 2.08. The van der Waals surface area contributed by atoms with Gasteiger partial charge in [-0.1, -0.05) is 26.2 Å². The maximum absolute atomic E-state index is 11.5. The second-order valence-electron chi connectivity index (χ2n) is 4.86. The quantitative estimate of drug-likeness (QED) is 0.728. The van der Waals surface area contributed by atoms with E-state index in [2.05, 4.69) is 12.2 Å². The lowest BCUT2D eigenvalue weighted by molar-refractivity contribution is 0.0511. The van der Waals surface area contributed by atoms with Crippen LogP contribution in [0.4, 0.5) is 9.59 Å². The molecule has 6 heteroatoms. The lowest BCUT2D eigenvalue weighted by atomic mass is 10.1. The van der Waals surface area contributed by atoms with Gasteiger partial charge in [0, 0.05) is 32.5 Å². The number of nitrogens with one attached hydrogen (secondary N) is 1. The number of carboxylic acid groups (broad SMARTS) is 1. The van der Waals surface area contributed by atoms with Gasteiger partial charge in [0.05, 0.1) is 0 Å². The molecule has 0 aromatic carbocycles. The van der Waals surface area contributed by atoms with Crippen LogP contribution in [0.15, 0.2) is 0 Å². The fourth-order valence-electron chi connectivity index (χ4n) is 2.10. The Hall–Kier alpha value is -1.46. The fourth-order valence-corrected chi connectivity index (χ4v) is 2.10. The van der Waals surface area contributed by atoms with Crippen LogP contribution < -0.4 is 5.32 Å². The van der Waals surface area contributed by atoms with E-state index < -0.39 is 6.09 Å². The van der Waals surface area contributed by atoms with E-state index >= 15 is 0 Å². The normalized spacial score (nSPS) is 16.2. The van der Waals surface area contributed by atoms with Gasteiger partial charge in [0.25, 0.3) is 0 Å². The monoisotopic (exact) mass is 272 g/mol. The summed E-state index contributed by atoms with van der Waals surface area (Å²) in [5.41, 5.74) is 0. The average molecular weight is 272 g/mol. The highest BCUT2D eigenvalue weighted by atomic mass is 16.6. The number of hydrogen-bond acceptors (Lipinski definition) is 3. The number of likely N-dealkylation sites (tertiary alicyclic amines) is 1. The molecule has 1 aliphatic rings. The number of unbranched alkanes of at least 4 members (excludes halogenated alkanes) is 3. The van der Waals surface area contributed by atoms with Crippen LogP contribution in [0, 0.1) is 0 Å². The summed E-state index contributed by atoms with van der Waals surface area (Å²) in [7, 11) is 0. The van der Waals surface area contributed by atoms with E-state index in [4.69, 9.17) is 9.84 Å². The molecule has 0 aromatic rings. The third kappa shape index (κ3) is 6.31. The number of piperidine rings is 1. The molecule has 0 radical (unpaired) electrons. The minimum Gasteiger partial charge on any atom is -0.465 e. The molecule has 1 aliphatic heterocycles. The number of carbonyl (C=O) groups excluding carboxylic acids is 1. The summed E-state index contributed by atoms with van der Waals surface area (Å²) in [6, 6.07) is 0. The zero-order valence-corrected chi connectivity index (χ0v) is 11.6. The van der Waals surface area contributed by atoms with Crippen LogP contribution in [0.5, 0.6) is 0 Å². The van der Waals surface area contributed by atoms with Gasteiger partial charge < -0.3 is 20.1 Å². The number of alkyl carbamates (subject to hydrolysis) is 1. The first-order valence-electron chi connectivity index (χ1n) is 7.05. The van der Waals surface area contributed by atoms with Crippen LogP contribution in [-0.2, 0) is 4.74 Å². The van der Waals surface area contributed by atoms with Gasteiger partial charge in [-0.2, -0.15) is 0 Å². The molecule has 0 unspecified atom stereocenters.